The number of nitrogens with zero attached hydrogens (tertiary/aromatic N) is 1. The summed E-state index contributed by atoms with van der Waals surface area (Å²) in [4.78, 5) is 13.1. The lowest BCUT2D eigenvalue weighted by Crippen LogP contribution is -2.47. The number of aliphatic hydroxyl groups excluding tert-OH is 1. The maximum Gasteiger partial charge on any atom is 0.409 e. The Morgan fingerprint density at radius 3 is 2.53 bits per heavy atom. The van der Waals surface area contributed by atoms with Crippen molar-refractivity contribution in [2.24, 2.45) is 0 Å². The van der Waals surface area contributed by atoms with Crippen molar-refractivity contribution in [1.82, 2.24) is 4.90 Å². The predicted octanol–water partition coefficient (Wildman–Crippen LogP) is 1.13. The van der Waals surface area contributed by atoms with E-state index in [1.165, 1.54) is 0 Å². The first-order chi connectivity index (χ1) is 7.97. The minimum Gasteiger partial charge on any atom is -0.450 e. The highest BCUT2D eigenvalue weighted by molar-refractivity contribution is 5.67. The van der Waals surface area contributed by atoms with Gasteiger partial charge in [0, 0.05) is 13.1 Å². The molecule has 100 valence electrons. The normalized spacial score (nSPS) is 21.1. The fourth-order valence-corrected chi connectivity index (χ4v) is 2.05. The summed E-state index contributed by atoms with van der Waals surface area (Å²) in [5.74, 6) is 0. The van der Waals surface area contributed by atoms with Gasteiger partial charge in [0.25, 0.3) is 0 Å². The van der Waals surface area contributed by atoms with E-state index in [2.05, 4.69) is 0 Å². The summed E-state index contributed by atoms with van der Waals surface area (Å²) in [7, 11) is 0. The van der Waals surface area contributed by atoms with Crippen LogP contribution in [-0.4, -0.2) is 52.6 Å². The van der Waals surface area contributed by atoms with Crippen LogP contribution in [0.25, 0.3) is 0 Å². The monoisotopic (exact) mass is 245 g/mol. The molecule has 5 heteroatoms. The van der Waals surface area contributed by atoms with E-state index in [4.69, 9.17) is 4.74 Å². The topological polar surface area (TPSA) is 70.0 Å². The molecule has 0 radical (unpaired) electrons. The van der Waals surface area contributed by atoms with E-state index in [0.29, 0.717) is 45.4 Å². The highest BCUT2D eigenvalue weighted by Crippen LogP contribution is 2.27. The van der Waals surface area contributed by atoms with Gasteiger partial charge in [-0.1, -0.05) is 0 Å². The summed E-state index contributed by atoms with van der Waals surface area (Å²) < 4.78 is 4.91. The van der Waals surface area contributed by atoms with Crippen LogP contribution in [0, 0.1) is 0 Å². The van der Waals surface area contributed by atoms with Gasteiger partial charge in [0.05, 0.1) is 18.3 Å². The van der Waals surface area contributed by atoms with E-state index in [1.54, 1.807) is 18.7 Å². The number of aliphatic hydroxyl groups is 2. The highest BCUT2D eigenvalue weighted by Gasteiger charge is 2.34. The van der Waals surface area contributed by atoms with Crippen LogP contribution in [0.4, 0.5) is 4.79 Å². The number of hydrogen-bond donors (Lipinski definition) is 2. The molecule has 2 N–H and O–H groups in total. The zero-order chi connectivity index (χ0) is 12.9. The first-order valence-electron chi connectivity index (χ1n) is 6.29. The van der Waals surface area contributed by atoms with Crippen LogP contribution in [0.2, 0.25) is 0 Å². The Morgan fingerprint density at radius 2 is 2.06 bits per heavy atom. The van der Waals surface area contributed by atoms with Gasteiger partial charge >= 0.3 is 6.09 Å². The van der Waals surface area contributed by atoms with Crippen molar-refractivity contribution in [3.63, 3.8) is 0 Å². The van der Waals surface area contributed by atoms with Gasteiger partial charge in [-0.05, 0) is 39.5 Å². The number of hydrogen-bond acceptors (Lipinski definition) is 4. The largest absolute Gasteiger partial charge is 0.450 e. The second kappa shape index (κ2) is 6.21. The fourth-order valence-electron chi connectivity index (χ4n) is 2.05. The van der Waals surface area contributed by atoms with Crippen LogP contribution in [0.3, 0.4) is 0 Å². The van der Waals surface area contributed by atoms with Gasteiger partial charge in [-0.2, -0.15) is 0 Å². The average molecular weight is 245 g/mol. The Hall–Kier alpha value is -0.810. The molecule has 0 spiro atoms. The van der Waals surface area contributed by atoms with Gasteiger partial charge in [0.15, 0.2) is 0 Å². The molecule has 0 aromatic heterocycles. The predicted molar refractivity (Wildman–Crippen MR) is 63.7 cm³/mol. The lowest BCUT2D eigenvalue weighted by atomic mass is 9.86. The summed E-state index contributed by atoms with van der Waals surface area (Å²) in [6.45, 7) is 4.92. The minimum atomic E-state index is -0.736. The van der Waals surface area contributed by atoms with E-state index in [9.17, 15) is 15.0 Å². The van der Waals surface area contributed by atoms with Crippen molar-refractivity contribution in [2.45, 2.75) is 51.2 Å². The molecule has 0 aliphatic carbocycles. The maximum atomic E-state index is 11.5. The third-order valence-corrected chi connectivity index (χ3v) is 3.25. The summed E-state index contributed by atoms with van der Waals surface area (Å²) in [6, 6.07) is 0. The summed E-state index contributed by atoms with van der Waals surface area (Å²) in [5, 5.41) is 19.5. The van der Waals surface area contributed by atoms with E-state index in [1.807, 2.05) is 0 Å². The van der Waals surface area contributed by atoms with E-state index in [-0.39, 0.29) is 12.2 Å². The van der Waals surface area contributed by atoms with Gasteiger partial charge in [-0.25, -0.2) is 4.79 Å². The third kappa shape index (κ3) is 4.52. The quantitative estimate of drug-likeness (QED) is 0.779. The summed E-state index contributed by atoms with van der Waals surface area (Å²) in [6.07, 6.45) is 1.60. The van der Waals surface area contributed by atoms with Crippen LogP contribution in [0.1, 0.15) is 39.5 Å². The standard InChI is InChI=1S/C12H23NO4/c1-3-17-11(15)13-8-6-12(16,7-9-13)5-4-10(2)14/h10,14,16H,3-9H2,1-2H3. The second-order valence-corrected chi connectivity index (χ2v) is 4.80. The van der Waals surface area contributed by atoms with Crippen molar-refractivity contribution in [1.29, 1.82) is 0 Å². The minimum absolute atomic E-state index is 0.301. The average Bonchev–Trinajstić information content (AvgIpc) is 2.28. The van der Waals surface area contributed by atoms with E-state index >= 15 is 0 Å². The van der Waals surface area contributed by atoms with Crippen molar-refractivity contribution in [3.8, 4) is 0 Å². The number of carbonyl (C=O) groups excluding carboxylic acids is 1. The lowest BCUT2D eigenvalue weighted by Gasteiger charge is -2.37. The van der Waals surface area contributed by atoms with Crippen LogP contribution in [0.15, 0.2) is 0 Å². The molecule has 1 atom stereocenters. The van der Waals surface area contributed by atoms with Gasteiger partial charge in [-0.3, -0.25) is 0 Å². The number of amides is 1. The Bertz CT molecular complexity index is 247. The Balaban J connectivity index is 2.36. The van der Waals surface area contributed by atoms with Crippen molar-refractivity contribution in [3.05, 3.63) is 0 Å². The third-order valence-electron chi connectivity index (χ3n) is 3.25. The molecule has 0 aromatic carbocycles. The van der Waals surface area contributed by atoms with Crippen LogP contribution in [-0.2, 0) is 4.74 Å². The first-order valence-corrected chi connectivity index (χ1v) is 6.29. The molecule has 0 bridgehead atoms. The molecular formula is C12H23NO4. The maximum absolute atomic E-state index is 11.5. The molecule has 0 saturated carbocycles. The molecule has 1 fully saturated rings. The second-order valence-electron chi connectivity index (χ2n) is 4.80. The lowest BCUT2D eigenvalue weighted by molar-refractivity contribution is -0.0337. The molecule has 1 rings (SSSR count). The molecule has 5 nitrogen and oxygen atoms in total. The summed E-state index contributed by atoms with van der Waals surface area (Å²) in [5.41, 5.74) is -0.736. The zero-order valence-corrected chi connectivity index (χ0v) is 10.7. The van der Waals surface area contributed by atoms with Crippen LogP contribution >= 0.6 is 0 Å². The van der Waals surface area contributed by atoms with Crippen molar-refractivity contribution < 1.29 is 19.7 Å². The van der Waals surface area contributed by atoms with Gasteiger partial charge in [0.2, 0.25) is 0 Å². The van der Waals surface area contributed by atoms with Crippen molar-refractivity contribution in [2.75, 3.05) is 19.7 Å². The molecule has 1 unspecified atom stereocenters. The molecule has 1 amide bonds. The van der Waals surface area contributed by atoms with Crippen LogP contribution < -0.4 is 0 Å². The van der Waals surface area contributed by atoms with E-state index in [0.717, 1.165) is 0 Å². The number of piperidine rings is 1. The smallest absolute Gasteiger partial charge is 0.409 e. The molecule has 1 heterocycles. The van der Waals surface area contributed by atoms with Gasteiger partial charge in [0.1, 0.15) is 0 Å². The zero-order valence-electron chi connectivity index (χ0n) is 10.7. The number of carbonyl (C=O) groups is 1. The Morgan fingerprint density at radius 1 is 1.47 bits per heavy atom. The number of likely N-dealkylation sites (tertiary alicyclic amines) is 1. The Labute approximate surface area is 102 Å². The van der Waals surface area contributed by atoms with Crippen molar-refractivity contribution >= 4 is 6.09 Å². The molecule has 1 aliphatic rings. The fraction of sp³-hybridized carbons (Fsp3) is 0.917. The SMILES string of the molecule is CCOC(=O)N1CCC(O)(CCC(C)O)CC1. The Kier molecular flexibility index (Phi) is 5.21. The molecule has 1 saturated heterocycles. The summed E-state index contributed by atoms with van der Waals surface area (Å²) >= 11 is 0. The molecule has 1 aliphatic heterocycles. The molecular weight excluding hydrogens is 222 g/mol. The van der Waals surface area contributed by atoms with E-state index < -0.39 is 5.60 Å². The van der Waals surface area contributed by atoms with Gasteiger partial charge < -0.3 is 19.8 Å². The first kappa shape index (κ1) is 14.3. The number of rotatable bonds is 4. The molecule has 17 heavy (non-hydrogen) atoms. The van der Waals surface area contributed by atoms with Crippen LogP contribution in [0.5, 0.6) is 0 Å². The van der Waals surface area contributed by atoms with Gasteiger partial charge in [-0.15, -0.1) is 0 Å². The number of ether oxygens (including phenoxy) is 1. The highest BCUT2D eigenvalue weighted by atomic mass is 16.6. The molecule has 0 aromatic rings.